The number of nitrogens with zero attached hydrogens (tertiary/aromatic N) is 3. The van der Waals surface area contributed by atoms with Crippen LogP contribution in [0.3, 0.4) is 0 Å². The summed E-state index contributed by atoms with van der Waals surface area (Å²) in [5.41, 5.74) is -0.232. The van der Waals surface area contributed by atoms with Gasteiger partial charge in [0.1, 0.15) is 0 Å². The Morgan fingerprint density at radius 1 is 1.29 bits per heavy atom. The average Bonchev–Trinajstić information content (AvgIpc) is 2.32. The Hall–Kier alpha value is -2.21. The second-order valence-electron chi connectivity index (χ2n) is 3.00. The van der Waals surface area contributed by atoms with E-state index in [1.54, 1.807) is 6.07 Å². The standard InChI is InChI=1S/C10H6ClN3O3/c11-7-2-3-9(8(6-7)14(15)16)17-10-12-4-1-5-13-10/h1-6H. The number of benzene rings is 1. The molecule has 7 heteroatoms. The van der Waals surface area contributed by atoms with Crippen LogP contribution in [0.1, 0.15) is 0 Å². The second kappa shape index (κ2) is 4.75. The summed E-state index contributed by atoms with van der Waals surface area (Å²) in [6, 6.07) is 5.75. The number of hydrogen-bond donors (Lipinski definition) is 0. The molecular formula is C10H6ClN3O3. The summed E-state index contributed by atoms with van der Waals surface area (Å²) in [5, 5.41) is 11.1. The summed E-state index contributed by atoms with van der Waals surface area (Å²) in [6.45, 7) is 0. The lowest BCUT2D eigenvalue weighted by Gasteiger charge is -2.03. The van der Waals surface area contributed by atoms with Gasteiger partial charge in [0.2, 0.25) is 5.75 Å². The van der Waals surface area contributed by atoms with Crippen molar-refractivity contribution in [1.29, 1.82) is 0 Å². The van der Waals surface area contributed by atoms with E-state index < -0.39 is 4.92 Å². The predicted octanol–water partition coefficient (Wildman–Crippen LogP) is 2.83. The van der Waals surface area contributed by atoms with Crippen molar-refractivity contribution in [1.82, 2.24) is 9.97 Å². The van der Waals surface area contributed by atoms with Gasteiger partial charge >= 0.3 is 11.7 Å². The first kappa shape index (κ1) is 11.3. The van der Waals surface area contributed by atoms with E-state index in [0.29, 0.717) is 0 Å². The lowest BCUT2D eigenvalue weighted by atomic mass is 10.3. The molecular weight excluding hydrogens is 246 g/mol. The van der Waals surface area contributed by atoms with Gasteiger partial charge in [-0.1, -0.05) is 11.6 Å². The molecule has 2 rings (SSSR count). The Kier molecular flexibility index (Phi) is 3.15. The molecule has 86 valence electrons. The van der Waals surface area contributed by atoms with Gasteiger partial charge in [0.15, 0.2) is 0 Å². The van der Waals surface area contributed by atoms with E-state index in [1.807, 2.05) is 0 Å². The number of ether oxygens (including phenoxy) is 1. The summed E-state index contributed by atoms with van der Waals surface area (Å²) in [6.07, 6.45) is 2.95. The Morgan fingerprint density at radius 2 is 2.00 bits per heavy atom. The molecule has 0 fully saturated rings. The van der Waals surface area contributed by atoms with Gasteiger partial charge in [0.25, 0.3) is 0 Å². The first-order valence-corrected chi connectivity index (χ1v) is 4.93. The van der Waals surface area contributed by atoms with Crippen LogP contribution in [0.2, 0.25) is 5.02 Å². The van der Waals surface area contributed by atoms with Gasteiger partial charge in [-0.15, -0.1) is 0 Å². The molecule has 1 aromatic heterocycles. The zero-order valence-electron chi connectivity index (χ0n) is 8.41. The molecule has 0 spiro atoms. The molecule has 0 amide bonds. The maximum Gasteiger partial charge on any atom is 0.322 e. The highest BCUT2D eigenvalue weighted by Crippen LogP contribution is 2.32. The molecule has 0 saturated carbocycles. The first-order chi connectivity index (χ1) is 8.16. The van der Waals surface area contributed by atoms with Crippen LogP contribution in [0.15, 0.2) is 36.7 Å². The number of hydrogen-bond acceptors (Lipinski definition) is 5. The first-order valence-electron chi connectivity index (χ1n) is 4.55. The SMILES string of the molecule is O=[N+]([O-])c1cc(Cl)ccc1Oc1ncccn1. The average molecular weight is 252 g/mol. The Labute approximate surface area is 101 Å². The third-order valence-electron chi connectivity index (χ3n) is 1.86. The van der Waals surface area contributed by atoms with Crippen molar-refractivity contribution < 1.29 is 9.66 Å². The maximum absolute atomic E-state index is 10.8. The van der Waals surface area contributed by atoms with E-state index >= 15 is 0 Å². The van der Waals surface area contributed by atoms with E-state index in [0.717, 1.165) is 0 Å². The van der Waals surface area contributed by atoms with Crippen molar-refractivity contribution >= 4 is 17.3 Å². The van der Waals surface area contributed by atoms with E-state index in [4.69, 9.17) is 16.3 Å². The van der Waals surface area contributed by atoms with Crippen LogP contribution in [-0.2, 0) is 0 Å². The third-order valence-corrected chi connectivity index (χ3v) is 2.10. The van der Waals surface area contributed by atoms with Crippen LogP contribution in [-0.4, -0.2) is 14.9 Å². The van der Waals surface area contributed by atoms with E-state index in [2.05, 4.69) is 9.97 Å². The minimum atomic E-state index is -0.579. The highest BCUT2D eigenvalue weighted by atomic mass is 35.5. The van der Waals surface area contributed by atoms with E-state index in [1.165, 1.54) is 30.6 Å². The fourth-order valence-electron chi connectivity index (χ4n) is 1.16. The predicted molar refractivity (Wildman–Crippen MR) is 60.2 cm³/mol. The Bertz CT molecular complexity index is 548. The topological polar surface area (TPSA) is 78.2 Å². The molecule has 17 heavy (non-hydrogen) atoms. The van der Waals surface area contributed by atoms with Gasteiger partial charge in [0.05, 0.1) is 4.92 Å². The minimum absolute atomic E-state index is 0.0397. The summed E-state index contributed by atoms with van der Waals surface area (Å²) in [7, 11) is 0. The van der Waals surface area contributed by atoms with E-state index in [-0.39, 0.29) is 22.5 Å². The van der Waals surface area contributed by atoms with Gasteiger partial charge in [0, 0.05) is 23.5 Å². The highest BCUT2D eigenvalue weighted by molar-refractivity contribution is 6.30. The third kappa shape index (κ3) is 2.67. The summed E-state index contributed by atoms with van der Waals surface area (Å²) in [4.78, 5) is 17.8. The highest BCUT2D eigenvalue weighted by Gasteiger charge is 2.17. The van der Waals surface area contributed by atoms with Crippen molar-refractivity contribution in [3.8, 4) is 11.8 Å². The van der Waals surface area contributed by atoms with Crippen LogP contribution in [0.5, 0.6) is 11.8 Å². The molecule has 0 radical (unpaired) electrons. The largest absolute Gasteiger partial charge is 0.417 e. The van der Waals surface area contributed by atoms with Crippen molar-refractivity contribution in [2.45, 2.75) is 0 Å². The van der Waals surface area contributed by atoms with Crippen LogP contribution < -0.4 is 4.74 Å². The molecule has 0 aliphatic carbocycles. The van der Waals surface area contributed by atoms with Gasteiger partial charge in [-0.2, -0.15) is 0 Å². The molecule has 6 nitrogen and oxygen atoms in total. The van der Waals surface area contributed by atoms with Crippen LogP contribution in [0.25, 0.3) is 0 Å². The van der Waals surface area contributed by atoms with Crippen molar-refractivity contribution in [2.24, 2.45) is 0 Å². The summed E-state index contributed by atoms with van der Waals surface area (Å²) in [5.74, 6) is 0.0469. The smallest absolute Gasteiger partial charge is 0.322 e. The molecule has 2 aromatic rings. The molecule has 0 atom stereocenters. The fourth-order valence-corrected chi connectivity index (χ4v) is 1.32. The Balaban J connectivity index is 2.36. The van der Waals surface area contributed by atoms with Crippen molar-refractivity contribution in [2.75, 3.05) is 0 Å². The molecule has 0 saturated heterocycles. The quantitative estimate of drug-likeness (QED) is 0.619. The summed E-state index contributed by atoms with van der Waals surface area (Å²) >= 11 is 5.67. The number of aromatic nitrogens is 2. The van der Waals surface area contributed by atoms with Crippen LogP contribution in [0.4, 0.5) is 5.69 Å². The number of rotatable bonds is 3. The number of nitro groups is 1. The second-order valence-corrected chi connectivity index (χ2v) is 3.44. The molecule has 0 bridgehead atoms. The fraction of sp³-hybridized carbons (Fsp3) is 0. The van der Waals surface area contributed by atoms with Gasteiger partial charge in [-0.05, 0) is 18.2 Å². The lowest BCUT2D eigenvalue weighted by Crippen LogP contribution is -1.95. The molecule has 0 unspecified atom stereocenters. The molecule has 1 heterocycles. The summed E-state index contributed by atoms with van der Waals surface area (Å²) < 4.78 is 5.20. The van der Waals surface area contributed by atoms with Gasteiger partial charge in [-0.25, -0.2) is 9.97 Å². The lowest BCUT2D eigenvalue weighted by molar-refractivity contribution is -0.385. The zero-order chi connectivity index (χ0) is 12.3. The zero-order valence-corrected chi connectivity index (χ0v) is 9.16. The van der Waals surface area contributed by atoms with Crippen molar-refractivity contribution in [3.05, 3.63) is 51.8 Å². The van der Waals surface area contributed by atoms with Gasteiger partial charge in [-0.3, -0.25) is 10.1 Å². The molecule has 0 aliphatic rings. The van der Waals surface area contributed by atoms with Gasteiger partial charge < -0.3 is 4.74 Å². The van der Waals surface area contributed by atoms with E-state index in [9.17, 15) is 10.1 Å². The minimum Gasteiger partial charge on any atom is -0.417 e. The normalized spacial score (nSPS) is 9.94. The number of nitro benzene ring substituents is 1. The van der Waals surface area contributed by atoms with Crippen LogP contribution in [0, 0.1) is 10.1 Å². The van der Waals surface area contributed by atoms with Crippen molar-refractivity contribution in [3.63, 3.8) is 0 Å². The number of halogens is 1. The maximum atomic E-state index is 10.8. The molecule has 0 aliphatic heterocycles. The monoisotopic (exact) mass is 251 g/mol. The molecule has 0 N–H and O–H groups in total. The molecule has 1 aromatic carbocycles. The Morgan fingerprint density at radius 3 is 2.65 bits per heavy atom. The van der Waals surface area contributed by atoms with Crippen LogP contribution >= 0.6 is 11.6 Å².